The van der Waals surface area contributed by atoms with Gasteiger partial charge >= 0.3 is 11.6 Å². The van der Waals surface area contributed by atoms with Gasteiger partial charge in [0.2, 0.25) is 0 Å². The summed E-state index contributed by atoms with van der Waals surface area (Å²) in [6, 6.07) is 1.60. The Balaban J connectivity index is 1.72. The molecule has 1 aliphatic carbocycles. The van der Waals surface area contributed by atoms with E-state index in [1.165, 1.54) is 0 Å². The van der Waals surface area contributed by atoms with E-state index in [9.17, 15) is 14.7 Å². The van der Waals surface area contributed by atoms with Crippen LogP contribution in [0.3, 0.4) is 0 Å². The van der Waals surface area contributed by atoms with Crippen LogP contribution in [0.2, 0.25) is 0 Å². The van der Waals surface area contributed by atoms with Gasteiger partial charge in [0.25, 0.3) is 0 Å². The third-order valence-corrected chi connectivity index (χ3v) is 4.60. The molecule has 136 valence electrons. The van der Waals surface area contributed by atoms with Crippen molar-refractivity contribution in [3.05, 3.63) is 33.4 Å². The van der Waals surface area contributed by atoms with Crippen LogP contribution in [0.15, 0.2) is 20.9 Å². The molecule has 3 rings (SSSR count). The van der Waals surface area contributed by atoms with Crippen LogP contribution in [0.1, 0.15) is 56.8 Å². The fourth-order valence-electron chi connectivity index (χ4n) is 3.19. The van der Waals surface area contributed by atoms with Crippen LogP contribution in [0.5, 0.6) is 5.75 Å². The molecule has 1 aliphatic heterocycles. The fourth-order valence-corrected chi connectivity index (χ4v) is 3.19. The monoisotopic (exact) mass is 348 g/mol. The van der Waals surface area contributed by atoms with E-state index in [-0.39, 0.29) is 24.9 Å². The number of aliphatic hydroxyl groups excluding tert-OH is 1. The minimum absolute atomic E-state index is 0.0137. The van der Waals surface area contributed by atoms with Gasteiger partial charge in [0.15, 0.2) is 6.10 Å². The Bertz CT molecular complexity index is 717. The van der Waals surface area contributed by atoms with Crippen molar-refractivity contribution in [1.29, 1.82) is 0 Å². The Morgan fingerprint density at radius 2 is 2.28 bits per heavy atom. The van der Waals surface area contributed by atoms with Crippen molar-refractivity contribution in [3.8, 4) is 5.75 Å². The number of fused-ring (bicyclic) bond motifs is 2. The highest BCUT2D eigenvalue weighted by atomic mass is 16.5. The maximum atomic E-state index is 12.2. The summed E-state index contributed by atoms with van der Waals surface area (Å²) in [5.41, 5.74) is 1.05. The second-order valence-corrected chi connectivity index (χ2v) is 6.59. The number of hydrogen-bond donors (Lipinski definition) is 1. The van der Waals surface area contributed by atoms with Gasteiger partial charge in [-0.05, 0) is 43.8 Å². The molecule has 1 N–H and O–H groups in total. The average Bonchev–Trinajstić information content (AvgIpc) is 2.60. The quantitative estimate of drug-likeness (QED) is 0.628. The van der Waals surface area contributed by atoms with E-state index in [4.69, 9.17) is 13.9 Å². The smallest absolute Gasteiger partial charge is 0.347 e. The van der Waals surface area contributed by atoms with Gasteiger partial charge in [-0.25, -0.2) is 9.59 Å². The summed E-state index contributed by atoms with van der Waals surface area (Å²) in [5, 5.41) is 9.96. The number of hydrogen-bond acceptors (Lipinski definition) is 6. The summed E-state index contributed by atoms with van der Waals surface area (Å²) >= 11 is 0. The highest BCUT2D eigenvalue weighted by molar-refractivity contribution is 5.74. The van der Waals surface area contributed by atoms with Gasteiger partial charge in [-0.1, -0.05) is 13.3 Å². The molecule has 2 unspecified atom stereocenters. The highest BCUT2D eigenvalue weighted by Crippen LogP contribution is 2.35. The third kappa shape index (κ3) is 4.12. The van der Waals surface area contributed by atoms with Crippen molar-refractivity contribution in [3.63, 3.8) is 0 Å². The largest absolute Gasteiger partial charge is 0.485 e. The Labute approximate surface area is 146 Å². The van der Waals surface area contributed by atoms with Gasteiger partial charge in [-0.3, -0.25) is 0 Å². The Kier molecular flexibility index (Phi) is 5.58. The van der Waals surface area contributed by atoms with Gasteiger partial charge in [0, 0.05) is 12.5 Å². The molecule has 1 saturated carbocycles. The molecule has 0 bridgehead atoms. The summed E-state index contributed by atoms with van der Waals surface area (Å²) in [6.07, 6.45) is 6.15. The molecule has 0 amide bonds. The lowest BCUT2D eigenvalue weighted by atomic mass is 9.89. The van der Waals surface area contributed by atoms with Crippen LogP contribution < -0.4 is 10.4 Å². The van der Waals surface area contributed by atoms with E-state index in [0.717, 1.165) is 44.1 Å². The average molecular weight is 348 g/mol. The number of esters is 1. The Morgan fingerprint density at radius 1 is 1.44 bits per heavy atom. The first kappa shape index (κ1) is 17.7. The third-order valence-electron chi connectivity index (χ3n) is 4.60. The molecule has 1 aromatic rings. The van der Waals surface area contributed by atoms with E-state index in [0.29, 0.717) is 11.3 Å². The number of ether oxygens (including phenoxy) is 2. The van der Waals surface area contributed by atoms with Crippen molar-refractivity contribution in [2.24, 2.45) is 0 Å². The van der Waals surface area contributed by atoms with Crippen molar-refractivity contribution >= 4 is 12.0 Å². The summed E-state index contributed by atoms with van der Waals surface area (Å²) in [4.78, 5) is 24.0. The zero-order valence-corrected chi connectivity index (χ0v) is 14.5. The first-order valence-corrected chi connectivity index (χ1v) is 8.97. The van der Waals surface area contributed by atoms with Crippen molar-refractivity contribution in [2.45, 2.75) is 64.1 Å². The van der Waals surface area contributed by atoms with Gasteiger partial charge < -0.3 is 19.0 Å². The molecule has 0 spiro atoms. The Morgan fingerprint density at radius 3 is 3.08 bits per heavy atom. The van der Waals surface area contributed by atoms with Crippen LogP contribution in [-0.4, -0.2) is 29.9 Å². The van der Waals surface area contributed by atoms with Crippen molar-refractivity contribution in [2.75, 3.05) is 6.61 Å². The molecule has 2 heterocycles. The molecule has 0 saturated heterocycles. The summed E-state index contributed by atoms with van der Waals surface area (Å²) < 4.78 is 16.2. The van der Waals surface area contributed by atoms with E-state index >= 15 is 0 Å². The summed E-state index contributed by atoms with van der Waals surface area (Å²) in [7, 11) is 0. The second kappa shape index (κ2) is 7.87. The summed E-state index contributed by atoms with van der Waals surface area (Å²) in [5.74, 6) is -0.0194. The highest BCUT2D eigenvalue weighted by Gasteiger charge is 2.28. The normalized spacial score (nSPS) is 19.9. The molecule has 1 fully saturated rings. The second-order valence-electron chi connectivity index (χ2n) is 6.59. The molecule has 2 atom stereocenters. The first-order chi connectivity index (χ1) is 12.1. The molecule has 6 nitrogen and oxygen atoms in total. The van der Waals surface area contributed by atoms with Crippen LogP contribution in [0.25, 0.3) is 6.08 Å². The molecule has 0 radical (unpaired) electrons. The molecule has 6 heteroatoms. The number of aliphatic hydroxyl groups is 1. The topological polar surface area (TPSA) is 86.0 Å². The van der Waals surface area contributed by atoms with Crippen LogP contribution in [0.4, 0.5) is 0 Å². The lowest BCUT2D eigenvalue weighted by Gasteiger charge is -2.30. The minimum Gasteiger partial charge on any atom is -0.485 e. The SMILES string of the molecule is CCCCOC(=O)C(O)Cc1cc2c(c(=O)o1)C=C1CCCCC1O2. The Hall–Kier alpha value is -2.08. The van der Waals surface area contributed by atoms with Crippen LogP contribution >= 0.6 is 0 Å². The van der Waals surface area contributed by atoms with Crippen LogP contribution in [0, 0.1) is 0 Å². The van der Waals surface area contributed by atoms with Gasteiger partial charge in [0.05, 0.1) is 6.61 Å². The van der Waals surface area contributed by atoms with Crippen molar-refractivity contribution < 1.29 is 23.8 Å². The minimum atomic E-state index is -1.36. The van der Waals surface area contributed by atoms with Gasteiger partial charge in [-0.15, -0.1) is 0 Å². The maximum Gasteiger partial charge on any atom is 0.347 e. The van der Waals surface area contributed by atoms with Crippen LogP contribution in [-0.2, 0) is 16.0 Å². The predicted molar refractivity (Wildman–Crippen MR) is 91.4 cm³/mol. The number of rotatable bonds is 6. The first-order valence-electron chi connectivity index (χ1n) is 8.97. The molecular weight excluding hydrogens is 324 g/mol. The molecule has 25 heavy (non-hydrogen) atoms. The number of carbonyl (C=O) groups excluding carboxylic acids is 1. The zero-order chi connectivity index (χ0) is 17.8. The summed E-state index contributed by atoms with van der Waals surface area (Å²) in [6.45, 7) is 2.26. The molecule has 2 aliphatic rings. The van der Waals surface area contributed by atoms with E-state index < -0.39 is 17.7 Å². The molecular formula is C19H24O6. The van der Waals surface area contributed by atoms with Crippen molar-refractivity contribution in [1.82, 2.24) is 0 Å². The molecule has 0 aromatic carbocycles. The van der Waals surface area contributed by atoms with E-state index in [1.807, 2.05) is 13.0 Å². The standard InChI is InChI=1S/C19H24O6/c1-2-3-8-23-19(22)15(20)10-13-11-17-14(18(21)24-13)9-12-6-4-5-7-16(12)25-17/h9,11,15-16,20H,2-8,10H2,1H3. The lowest BCUT2D eigenvalue weighted by Crippen LogP contribution is -2.29. The van der Waals surface area contributed by atoms with E-state index in [2.05, 4.69) is 0 Å². The van der Waals surface area contributed by atoms with E-state index in [1.54, 1.807) is 6.07 Å². The fraction of sp³-hybridized carbons (Fsp3) is 0.579. The number of carbonyl (C=O) groups is 1. The number of unbranched alkanes of at least 4 members (excludes halogenated alkanes) is 1. The zero-order valence-electron chi connectivity index (χ0n) is 14.5. The molecule has 1 aromatic heterocycles. The maximum absolute atomic E-state index is 12.2. The lowest BCUT2D eigenvalue weighted by molar-refractivity contribution is -0.153. The predicted octanol–water partition coefficient (Wildman–Crippen LogP) is 2.60. The van der Waals surface area contributed by atoms with Gasteiger partial charge in [0.1, 0.15) is 23.2 Å². The van der Waals surface area contributed by atoms with Gasteiger partial charge in [-0.2, -0.15) is 0 Å².